The first-order valence-corrected chi connectivity index (χ1v) is 10.4. The van der Waals surface area contributed by atoms with Crippen LogP contribution in [-0.2, 0) is 10.0 Å². The van der Waals surface area contributed by atoms with Crippen LogP contribution in [0.5, 0.6) is 0 Å². The molecule has 0 aliphatic rings. The molecule has 1 heterocycles. The van der Waals surface area contributed by atoms with Crippen LogP contribution < -0.4 is 10.5 Å². The highest BCUT2D eigenvalue weighted by Gasteiger charge is 2.18. The summed E-state index contributed by atoms with van der Waals surface area (Å²) >= 11 is 1.45. The molecule has 0 amide bonds. The third-order valence-corrected chi connectivity index (χ3v) is 6.65. The van der Waals surface area contributed by atoms with Crippen molar-refractivity contribution in [3.05, 3.63) is 59.7 Å². The molecule has 1 aromatic heterocycles. The maximum absolute atomic E-state index is 13.5. The highest BCUT2D eigenvalue weighted by atomic mass is 32.2. The van der Waals surface area contributed by atoms with Crippen molar-refractivity contribution in [2.24, 2.45) is 0 Å². The van der Waals surface area contributed by atoms with Crippen molar-refractivity contribution in [1.29, 1.82) is 0 Å². The second kappa shape index (κ2) is 7.09. The maximum Gasteiger partial charge on any atom is 0.235 e. The molecule has 3 N–H and O–H groups in total. The van der Waals surface area contributed by atoms with Crippen molar-refractivity contribution < 1.29 is 12.8 Å². The van der Waals surface area contributed by atoms with Gasteiger partial charge in [0.25, 0.3) is 0 Å². The SMILES string of the molecule is CC(C)S(=O)(=O)Nc1ccsc1-c1ccc(-c2cc(N)cc(F)c2)cc1. The smallest absolute Gasteiger partial charge is 0.235 e. The van der Waals surface area contributed by atoms with Gasteiger partial charge < -0.3 is 5.73 Å². The molecule has 0 bridgehead atoms. The number of thiophene rings is 1. The summed E-state index contributed by atoms with van der Waals surface area (Å²) in [6.45, 7) is 3.27. The number of hydrogen-bond acceptors (Lipinski definition) is 4. The van der Waals surface area contributed by atoms with Crippen LogP contribution in [0.4, 0.5) is 15.8 Å². The number of nitrogens with one attached hydrogen (secondary N) is 1. The van der Waals surface area contributed by atoms with Crippen LogP contribution >= 0.6 is 11.3 Å². The number of hydrogen-bond donors (Lipinski definition) is 2. The first kappa shape index (κ1) is 18.4. The monoisotopic (exact) mass is 390 g/mol. The second-order valence-corrected chi connectivity index (χ2v) is 9.36. The molecule has 3 rings (SSSR count). The highest BCUT2D eigenvalue weighted by molar-refractivity contribution is 7.93. The minimum Gasteiger partial charge on any atom is -0.399 e. The largest absolute Gasteiger partial charge is 0.399 e. The number of nitrogen functional groups attached to an aromatic ring is 1. The molecule has 0 saturated carbocycles. The number of anilines is 2. The molecular weight excluding hydrogens is 371 g/mol. The van der Waals surface area contributed by atoms with Gasteiger partial charge in [-0.15, -0.1) is 11.3 Å². The number of nitrogens with two attached hydrogens (primary N) is 1. The molecule has 0 saturated heterocycles. The highest BCUT2D eigenvalue weighted by Crippen LogP contribution is 2.36. The molecule has 136 valence electrons. The first-order valence-electron chi connectivity index (χ1n) is 8.02. The van der Waals surface area contributed by atoms with Gasteiger partial charge in [-0.2, -0.15) is 0 Å². The Morgan fingerprint density at radius 1 is 1.00 bits per heavy atom. The number of halogens is 1. The standard InChI is InChI=1S/C19H19FN2O2S2/c1-12(2)26(23,24)22-18-7-8-25-19(18)14-5-3-13(4-6-14)15-9-16(20)11-17(21)10-15/h3-12,22H,21H2,1-2H3. The zero-order valence-electron chi connectivity index (χ0n) is 14.4. The van der Waals surface area contributed by atoms with E-state index in [0.29, 0.717) is 16.9 Å². The Bertz CT molecular complexity index is 1010. The van der Waals surface area contributed by atoms with Gasteiger partial charge in [-0.1, -0.05) is 24.3 Å². The first-order chi connectivity index (χ1) is 12.3. The average Bonchev–Trinajstić information content (AvgIpc) is 3.01. The van der Waals surface area contributed by atoms with Crippen molar-refractivity contribution in [1.82, 2.24) is 0 Å². The lowest BCUT2D eigenvalue weighted by molar-refractivity contribution is 0.593. The molecule has 0 atom stereocenters. The van der Waals surface area contributed by atoms with E-state index in [9.17, 15) is 12.8 Å². The van der Waals surface area contributed by atoms with Crippen LogP contribution in [0.25, 0.3) is 21.6 Å². The molecule has 26 heavy (non-hydrogen) atoms. The zero-order valence-corrected chi connectivity index (χ0v) is 16.0. The summed E-state index contributed by atoms with van der Waals surface area (Å²) in [5.41, 5.74) is 9.05. The summed E-state index contributed by atoms with van der Waals surface area (Å²) in [6, 6.07) is 13.7. The lowest BCUT2D eigenvalue weighted by atomic mass is 10.0. The van der Waals surface area contributed by atoms with Gasteiger partial charge in [0.15, 0.2) is 0 Å². The summed E-state index contributed by atoms with van der Waals surface area (Å²) < 4.78 is 40.5. The molecule has 4 nitrogen and oxygen atoms in total. The summed E-state index contributed by atoms with van der Waals surface area (Å²) in [5.74, 6) is -0.382. The lowest BCUT2D eigenvalue weighted by Gasteiger charge is -2.12. The molecular formula is C19H19FN2O2S2. The number of sulfonamides is 1. The van der Waals surface area contributed by atoms with E-state index in [0.717, 1.165) is 16.0 Å². The molecule has 2 aromatic carbocycles. The van der Waals surface area contributed by atoms with E-state index in [2.05, 4.69) is 4.72 Å². The van der Waals surface area contributed by atoms with Crippen LogP contribution in [0, 0.1) is 5.82 Å². The molecule has 0 aliphatic carbocycles. The molecule has 0 radical (unpaired) electrons. The third-order valence-electron chi connectivity index (χ3n) is 3.94. The van der Waals surface area contributed by atoms with Gasteiger partial charge in [-0.25, -0.2) is 12.8 Å². The zero-order chi connectivity index (χ0) is 18.9. The van der Waals surface area contributed by atoms with Crippen LogP contribution in [0.2, 0.25) is 0 Å². The van der Waals surface area contributed by atoms with E-state index in [1.807, 2.05) is 29.6 Å². The predicted molar refractivity (Wildman–Crippen MR) is 107 cm³/mol. The van der Waals surface area contributed by atoms with Gasteiger partial charge in [0.1, 0.15) is 5.82 Å². The van der Waals surface area contributed by atoms with Crippen molar-refractivity contribution in [2.75, 3.05) is 10.5 Å². The van der Waals surface area contributed by atoms with Crippen molar-refractivity contribution >= 4 is 32.7 Å². The van der Waals surface area contributed by atoms with Crippen molar-refractivity contribution in [3.63, 3.8) is 0 Å². The van der Waals surface area contributed by atoms with E-state index in [4.69, 9.17) is 5.73 Å². The van der Waals surface area contributed by atoms with Crippen LogP contribution in [0.15, 0.2) is 53.9 Å². The average molecular weight is 391 g/mol. The fraction of sp³-hybridized carbons (Fsp3) is 0.158. The van der Waals surface area contributed by atoms with Crippen LogP contribution in [0.1, 0.15) is 13.8 Å². The van der Waals surface area contributed by atoms with Gasteiger partial charge in [-0.05, 0) is 60.2 Å². The third kappa shape index (κ3) is 3.89. The maximum atomic E-state index is 13.5. The van der Waals surface area contributed by atoms with E-state index >= 15 is 0 Å². The number of rotatable bonds is 5. The van der Waals surface area contributed by atoms with E-state index in [-0.39, 0.29) is 5.82 Å². The summed E-state index contributed by atoms with van der Waals surface area (Å²) in [7, 11) is -3.41. The normalized spacial score (nSPS) is 11.7. The Labute approximate surface area is 156 Å². The van der Waals surface area contributed by atoms with Gasteiger partial charge in [0.05, 0.1) is 15.8 Å². The quantitative estimate of drug-likeness (QED) is 0.605. The second-order valence-electron chi connectivity index (χ2n) is 6.21. The predicted octanol–water partition coefficient (Wildman–Crippen LogP) is 4.95. The van der Waals surface area contributed by atoms with E-state index in [1.54, 1.807) is 26.0 Å². The Kier molecular flexibility index (Phi) is 5.02. The van der Waals surface area contributed by atoms with Gasteiger partial charge in [0.2, 0.25) is 10.0 Å². The Hall–Kier alpha value is -2.38. The summed E-state index contributed by atoms with van der Waals surface area (Å²) in [6.07, 6.45) is 0. The Morgan fingerprint density at radius 3 is 2.27 bits per heavy atom. The van der Waals surface area contributed by atoms with Gasteiger partial charge in [0, 0.05) is 5.69 Å². The van der Waals surface area contributed by atoms with Gasteiger partial charge in [-0.3, -0.25) is 4.72 Å². The minimum atomic E-state index is -3.41. The van der Waals surface area contributed by atoms with Crippen molar-refractivity contribution in [2.45, 2.75) is 19.1 Å². The molecule has 0 aliphatic heterocycles. The summed E-state index contributed by atoms with van der Waals surface area (Å²) in [5, 5.41) is 1.32. The fourth-order valence-electron chi connectivity index (χ4n) is 2.48. The molecule has 3 aromatic rings. The topological polar surface area (TPSA) is 72.2 Å². The Morgan fingerprint density at radius 2 is 1.65 bits per heavy atom. The molecule has 0 fully saturated rings. The molecule has 0 spiro atoms. The Balaban J connectivity index is 1.92. The van der Waals surface area contributed by atoms with Crippen LogP contribution in [-0.4, -0.2) is 13.7 Å². The lowest BCUT2D eigenvalue weighted by Crippen LogP contribution is -2.22. The summed E-state index contributed by atoms with van der Waals surface area (Å²) in [4.78, 5) is 0.833. The van der Waals surface area contributed by atoms with Gasteiger partial charge >= 0.3 is 0 Å². The van der Waals surface area contributed by atoms with Crippen molar-refractivity contribution in [3.8, 4) is 21.6 Å². The molecule has 7 heteroatoms. The van der Waals surface area contributed by atoms with E-state index < -0.39 is 15.3 Å². The van der Waals surface area contributed by atoms with Crippen LogP contribution in [0.3, 0.4) is 0 Å². The fourth-order valence-corrected chi connectivity index (χ4v) is 4.11. The molecule has 0 unspecified atom stereocenters. The number of benzene rings is 2. The minimum absolute atomic E-state index is 0.368. The van der Waals surface area contributed by atoms with E-state index in [1.165, 1.54) is 23.5 Å².